The number of carboxylic acid groups (broad SMARTS) is 1. The van der Waals surface area contributed by atoms with E-state index in [1.165, 1.54) is 17.7 Å². The van der Waals surface area contributed by atoms with E-state index in [1.54, 1.807) is 0 Å². The van der Waals surface area contributed by atoms with Crippen LogP contribution in [0.3, 0.4) is 0 Å². The van der Waals surface area contributed by atoms with Crippen LogP contribution in [0.1, 0.15) is 48.8 Å². The Morgan fingerprint density at radius 3 is 2.67 bits per heavy atom. The Balaban J connectivity index is 2.30. The highest BCUT2D eigenvalue weighted by Crippen LogP contribution is 2.33. The van der Waals surface area contributed by atoms with Crippen LogP contribution in [-0.4, -0.2) is 27.1 Å². The standard InChI is InChI=1S/C15H21N3O2S/c1-8(2)5-6-9(3)18-13-11-10(4)12(15(19)20)21-14(11)17-7-16-13/h7-9H,5-6H2,1-4H3,(H,19,20)(H,16,17,18). The summed E-state index contributed by atoms with van der Waals surface area (Å²) in [6.45, 7) is 8.35. The quantitative estimate of drug-likeness (QED) is 0.845. The van der Waals surface area contributed by atoms with Crippen LogP contribution in [0.15, 0.2) is 6.33 Å². The topological polar surface area (TPSA) is 75.1 Å². The van der Waals surface area contributed by atoms with E-state index in [4.69, 9.17) is 0 Å². The molecular weight excluding hydrogens is 286 g/mol. The Bertz CT molecular complexity index is 652. The van der Waals surface area contributed by atoms with Crippen molar-refractivity contribution in [2.75, 3.05) is 5.32 Å². The number of nitrogens with one attached hydrogen (secondary N) is 1. The van der Waals surface area contributed by atoms with Gasteiger partial charge in [0.25, 0.3) is 0 Å². The minimum Gasteiger partial charge on any atom is -0.477 e. The van der Waals surface area contributed by atoms with Gasteiger partial charge in [-0.25, -0.2) is 14.8 Å². The smallest absolute Gasteiger partial charge is 0.346 e. The highest BCUT2D eigenvalue weighted by atomic mass is 32.1. The van der Waals surface area contributed by atoms with Gasteiger partial charge in [0.2, 0.25) is 0 Å². The van der Waals surface area contributed by atoms with Crippen molar-refractivity contribution in [3.63, 3.8) is 0 Å². The summed E-state index contributed by atoms with van der Waals surface area (Å²) in [5, 5.41) is 13.5. The lowest BCUT2D eigenvalue weighted by Gasteiger charge is -2.16. The minimum atomic E-state index is -0.908. The summed E-state index contributed by atoms with van der Waals surface area (Å²) in [6, 6.07) is 0.290. The van der Waals surface area contributed by atoms with Crippen molar-refractivity contribution in [3.8, 4) is 0 Å². The number of carboxylic acids is 1. The van der Waals surface area contributed by atoms with Gasteiger partial charge < -0.3 is 10.4 Å². The first kappa shape index (κ1) is 15.7. The van der Waals surface area contributed by atoms with E-state index in [0.29, 0.717) is 10.8 Å². The van der Waals surface area contributed by atoms with Crippen LogP contribution in [-0.2, 0) is 0 Å². The molecule has 5 nitrogen and oxygen atoms in total. The molecule has 114 valence electrons. The maximum atomic E-state index is 11.2. The van der Waals surface area contributed by atoms with Crippen molar-refractivity contribution in [2.24, 2.45) is 5.92 Å². The fourth-order valence-electron chi connectivity index (χ4n) is 2.27. The maximum Gasteiger partial charge on any atom is 0.346 e. The number of fused-ring (bicyclic) bond motifs is 1. The van der Waals surface area contributed by atoms with E-state index in [1.807, 2.05) is 6.92 Å². The molecule has 0 fully saturated rings. The number of thiophene rings is 1. The van der Waals surface area contributed by atoms with Gasteiger partial charge in [-0.2, -0.15) is 0 Å². The lowest BCUT2D eigenvalue weighted by Crippen LogP contribution is -2.17. The van der Waals surface area contributed by atoms with Crippen LogP contribution in [0, 0.1) is 12.8 Å². The van der Waals surface area contributed by atoms with Crippen molar-refractivity contribution in [3.05, 3.63) is 16.8 Å². The molecule has 1 unspecified atom stereocenters. The largest absolute Gasteiger partial charge is 0.477 e. The molecule has 0 saturated heterocycles. The molecule has 6 heteroatoms. The highest BCUT2D eigenvalue weighted by molar-refractivity contribution is 7.20. The number of aromatic carboxylic acids is 1. The molecule has 2 N–H and O–H groups in total. The van der Waals surface area contributed by atoms with Gasteiger partial charge in [-0.05, 0) is 38.2 Å². The molecule has 0 aromatic carbocycles. The number of hydrogen-bond donors (Lipinski definition) is 2. The summed E-state index contributed by atoms with van der Waals surface area (Å²) < 4.78 is 0. The number of nitrogens with zero attached hydrogens (tertiary/aromatic N) is 2. The molecule has 0 radical (unpaired) electrons. The molecule has 0 aliphatic heterocycles. The first-order valence-electron chi connectivity index (χ1n) is 7.14. The van der Waals surface area contributed by atoms with E-state index in [-0.39, 0.29) is 6.04 Å². The van der Waals surface area contributed by atoms with E-state index < -0.39 is 5.97 Å². The monoisotopic (exact) mass is 307 g/mol. The van der Waals surface area contributed by atoms with Gasteiger partial charge in [-0.3, -0.25) is 0 Å². The summed E-state index contributed by atoms with van der Waals surface area (Å²) >= 11 is 1.20. The SMILES string of the molecule is Cc1c(C(=O)O)sc2ncnc(NC(C)CCC(C)C)c12. The fourth-order valence-corrected chi connectivity index (χ4v) is 3.26. The Kier molecular flexibility index (Phi) is 4.77. The average Bonchev–Trinajstić information content (AvgIpc) is 2.75. The molecular formula is C15H21N3O2S. The second-order valence-corrected chi connectivity index (χ2v) is 6.78. The van der Waals surface area contributed by atoms with Crippen molar-refractivity contribution >= 4 is 33.3 Å². The molecule has 21 heavy (non-hydrogen) atoms. The fraction of sp³-hybridized carbons (Fsp3) is 0.533. The summed E-state index contributed by atoms with van der Waals surface area (Å²) in [5.74, 6) is 0.493. The molecule has 0 aliphatic rings. The molecule has 0 saturated carbocycles. The van der Waals surface area contributed by atoms with Crippen LogP contribution in [0.25, 0.3) is 10.2 Å². The third-order valence-corrected chi connectivity index (χ3v) is 4.67. The van der Waals surface area contributed by atoms with Gasteiger partial charge in [0.05, 0.1) is 5.39 Å². The van der Waals surface area contributed by atoms with Crippen LogP contribution in [0.2, 0.25) is 0 Å². The van der Waals surface area contributed by atoms with Gasteiger partial charge in [0.1, 0.15) is 21.9 Å². The molecule has 2 rings (SSSR count). The molecule has 0 bridgehead atoms. The Morgan fingerprint density at radius 2 is 2.05 bits per heavy atom. The Morgan fingerprint density at radius 1 is 1.33 bits per heavy atom. The number of hydrogen-bond acceptors (Lipinski definition) is 5. The lowest BCUT2D eigenvalue weighted by atomic mass is 10.0. The Hall–Kier alpha value is -1.69. The second-order valence-electron chi connectivity index (χ2n) is 5.78. The summed E-state index contributed by atoms with van der Waals surface area (Å²) in [4.78, 5) is 20.8. The van der Waals surface area contributed by atoms with Gasteiger partial charge in [0, 0.05) is 6.04 Å². The van der Waals surface area contributed by atoms with E-state index in [9.17, 15) is 9.90 Å². The summed E-state index contributed by atoms with van der Waals surface area (Å²) in [6.07, 6.45) is 3.69. The first-order valence-corrected chi connectivity index (χ1v) is 7.95. The van der Waals surface area contributed by atoms with E-state index in [2.05, 4.69) is 36.1 Å². The van der Waals surface area contributed by atoms with E-state index >= 15 is 0 Å². The summed E-state index contributed by atoms with van der Waals surface area (Å²) in [7, 11) is 0. The van der Waals surface area contributed by atoms with Gasteiger partial charge >= 0.3 is 5.97 Å². The molecule has 0 aliphatic carbocycles. The number of aryl methyl sites for hydroxylation is 1. The second kappa shape index (κ2) is 6.39. The zero-order chi connectivity index (χ0) is 15.6. The van der Waals surface area contributed by atoms with Crippen molar-refractivity contribution < 1.29 is 9.90 Å². The predicted octanol–water partition coefficient (Wildman–Crippen LogP) is 3.93. The molecule has 2 heterocycles. The molecule has 0 spiro atoms. The predicted molar refractivity (Wildman–Crippen MR) is 86.3 cm³/mol. The van der Waals surface area contributed by atoms with Gasteiger partial charge in [-0.1, -0.05) is 13.8 Å². The maximum absolute atomic E-state index is 11.2. The lowest BCUT2D eigenvalue weighted by molar-refractivity contribution is 0.0701. The van der Waals surface area contributed by atoms with Crippen LogP contribution in [0.5, 0.6) is 0 Å². The van der Waals surface area contributed by atoms with E-state index in [0.717, 1.165) is 34.4 Å². The third kappa shape index (κ3) is 3.50. The molecule has 1 atom stereocenters. The number of carbonyl (C=O) groups is 1. The first-order chi connectivity index (χ1) is 9.90. The van der Waals surface area contributed by atoms with Crippen LogP contribution >= 0.6 is 11.3 Å². The average molecular weight is 307 g/mol. The summed E-state index contributed by atoms with van der Waals surface area (Å²) in [5.41, 5.74) is 0.738. The van der Waals surface area contributed by atoms with Crippen molar-refractivity contribution in [1.82, 2.24) is 9.97 Å². The number of rotatable bonds is 6. The Labute approximate surface area is 128 Å². The molecule has 2 aromatic heterocycles. The normalized spacial score (nSPS) is 12.8. The highest BCUT2D eigenvalue weighted by Gasteiger charge is 2.19. The van der Waals surface area contributed by atoms with Gasteiger partial charge in [0.15, 0.2) is 0 Å². The third-order valence-electron chi connectivity index (χ3n) is 3.48. The van der Waals surface area contributed by atoms with Crippen molar-refractivity contribution in [1.29, 1.82) is 0 Å². The molecule has 2 aromatic rings. The van der Waals surface area contributed by atoms with Crippen LogP contribution < -0.4 is 5.32 Å². The van der Waals surface area contributed by atoms with Gasteiger partial charge in [-0.15, -0.1) is 11.3 Å². The number of aromatic nitrogens is 2. The number of anilines is 1. The van der Waals surface area contributed by atoms with Crippen molar-refractivity contribution in [2.45, 2.75) is 46.6 Å². The minimum absolute atomic E-state index is 0.290. The zero-order valence-corrected chi connectivity index (χ0v) is 13.6. The molecule has 0 amide bonds. The zero-order valence-electron chi connectivity index (χ0n) is 12.8. The van der Waals surface area contributed by atoms with Crippen LogP contribution in [0.4, 0.5) is 5.82 Å².